The molecule has 25 heavy (non-hydrogen) atoms. The summed E-state index contributed by atoms with van der Waals surface area (Å²) in [5, 5.41) is 10.4. The number of piperidine rings is 1. The van der Waals surface area contributed by atoms with Crippen molar-refractivity contribution in [1.82, 2.24) is 4.90 Å². The Morgan fingerprint density at radius 3 is 2.56 bits per heavy atom. The molecule has 1 N–H and O–H groups in total. The van der Waals surface area contributed by atoms with E-state index in [-0.39, 0.29) is 6.10 Å². The fourth-order valence-electron chi connectivity index (χ4n) is 4.02. The van der Waals surface area contributed by atoms with Crippen molar-refractivity contribution in [3.05, 3.63) is 29.8 Å². The molecule has 3 rings (SSSR count). The minimum absolute atomic E-state index is 0.190. The highest BCUT2D eigenvalue weighted by Gasteiger charge is 2.26. The average Bonchev–Trinajstić information content (AvgIpc) is 2.68. The third-order valence-corrected chi connectivity index (χ3v) is 5.47. The molecular formula is C21H29NO3. The van der Waals surface area contributed by atoms with Crippen LogP contribution in [0.4, 0.5) is 0 Å². The maximum absolute atomic E-state index is 10.4. The Balaban J connectivity index is 1.57. The zero-order chi connectivity index (χ0) is 17.5. The highest BCUT2D eigenvalue weighted by molar-refractivity contribution is 5.36. The molecule has 4 heteroatoms. The van der Waals surface area contributed by atoms with Crippen molar-refractivity contribution in [2.45, 2.75) is 63.2 Å². The molecule has 0 radical (unpaired) electrons. The summed E-state index contributed by atoms with van der Waals surface area (Å²) in [5.41, 5.74) is 1.24. The second kappa shape index (κ2) is 9.12. The van der Waals surface area contributed by atoms with Crippen LogP contribution in [0.2, 0.25) is 0 Å². The van der Waals surface area contributed by atoms with Crippen molar-refractivity contribution in [3.8, 4) is 18.3 Å². The molecule has 136 valence electrons. The van der Waals surface area contributed by atoms with Crippen LogP contribution in [-0.2, 0) is 4.74 Å². The van der Waals surface area contributed by atoms with Gasteiger partial charge < -0.3 is 14.6 Å². The number of rotatable bonds is 6. The number of likely N-dealkylation sites (tertiary alicyclic amines) is 1. The summed E-state index contributed by atoms with van der Waals surface area (Å²) < 4.78 is 11.3. The summed E-state index contributed by atoms with van der Waals surface area (Å²) in [6.45, 7) is 2.25. The summed E-state index contributed by atoms with van der Waals surface area (Å²) >= 11 is 0. The van der Waals surface area contributed by atoms with Crippen LogP contribution >= 0.6 is 0 Å². The van der Waals surface area contributed by atoms with Crippen molar-refractivity contribution in [3.63, 3.8) is 0 Å². The van der Waals surface area contributed by atoms with E-state index in [4.69, 9.17) is 15.9 Å². The number of hydrogen-bond donors (Lipinski definition) is 1. The summed E-state index contributed by atoms with van der Waals surface area (Å²) in [7, 11) is 0. The standard InChI is InChI=1S/C21H29NO3/c1-2-24-18-12-10-17(11-13-18)19-8-4-5-9-20(19)25-16-21(23)22-14-6-3-7-15-22/h1,4-5,8-9,17-18,21,23H,3,6-7,10-16H2. The van der Waals surface area contributed by atoms with Gasteiger partial charge in [0.2, 0.25) is 0 Å². The van der Waals surface area contributed by atoms with Gasteiger partial charge >= 0.3 is 0 Å². The summed E-state index contributed by atoms with van der Waals surface area (Å²) in [4.78, 5) is 2.12. The monoisotopic (exact) mass is 343 g/mol. The number of aliphatic hydroxyl groups excluding tert-OH is 1. The zero-order valence-electron chi connectivity index (χ0n) is 14.9. The van der Waals surface area contributed by atoms with Crippen LogP contribution in [0.3, 0.4) is 0 Å². The summed E-state index contributed by atoms with van der Waals surface area (Å²) in [5.74, 6) is 1.38. The molecule has 1 aromatic carbocycles. The molecule has 2 aliphatic rings. The third kappa shape index (κ3) is 4.90. The van der Waals surface area contributed by atoms with Crippen molar-refractivity contribution in [1.29, 1.82) is 0 Å². The summed E-state index contributed by atoms with van der Waals surface area (Å²) in [6, 6.07) is 8.23. The zero-order valence-corrected chi connectivity index (χ0v) is 14.9. The van der Waals surface area contributed by atoms with Crippen LogP contribution in [0.25, 0.3) is 0 Å². The Bertz CT molecular complexity index is 569. The summed E-state index contributed by atoms with van der Waals surface area (Å²) in [6.07, 6.45) is 14.9. The molecule has 4 nitrogen and oxygen atoms in total. The van der Waals surface area contributed by atoms with Gasteiger partial charge in [-0.15, -0.1) is 0 Å². The van der Waals surface area contributed by atoms with E-state index in [0.29, 0.717) is 12.5 Å². The lowest BCUT2D eigenvalue weighted by atomic mass is 9.82. The molecule has 1 aromatic rings. The second-order valence-electron chi connectivity index (χ2n) is 7.14. The lowest BCUT2D eigenvalue weighted by molar-refractivity contribution is -0.0368. The van der Waals surface area contributed by atoms with Crippen LogP contribution in [0.5, 0.6) is 5.75 Å². The molecule has 2 fully saturated rings. The predicted molar refractivity (Wildman–Crippen MR) is 98.3 cm³/mol. The number of benzene rings is 1. The molecule has 0 spiro atoms. The van der Waals surface area contributed by atoms with Gasteiger partial charge in [-0.2, -0.15) is 0 Å². The molecule has 1 aliphatic heterocycles. The van der Waals surface area contributed by atoms with Crippen LogP contribution in [-0.4, -0.2) is 42.0 Å². The Hall–Kier alpha value is -1.70. The lowest BCUT2D eigenvalue weighted by Crippen LogP contribution is -2.42. The van der Waals surface area contributed by atoms with E-state index in [1.54, 1.807) is 0 Å². The molecule has 0 aromatic heterocycles. The van der Waals surface area contributed by atoms with Gasteiger partial charge in [-0.25, -0.2) is 0 Å². The smallest absolute Gasteiger partial charge is 0.141 e. The van der Waals surface area contributed by atoms with Crippen molar-refractivity contribution < 1.29 is 14.6 Å². The maximum Gasteiger partial charge on any atom is 0.141 e. The number of aliphatic hydroxyl groups is 1. The number of ether oxygens (including phenoxy) is 2. The molecule has 1 saturated heterocycles. The van der Waals surface area contributed by atoms with Gasteiger partial charge in [-0.3, -0.25) is 4.90 Å². The molecule has 1 saturated carbocycles. The van der Waals surface area contributed by atoms with E-state index >= 15 is 0 Å². The fourth-order valence-corrected chi connectivity index (χ4v) is 4.02. The molecule has 1 aliphatic carbocycles. The first kappa shape index (κ1) is 18.1. The second-order valence-corrected chi connectivity index (χ2v) is 7.14. The Morgan fingerprint density at radius 2 is 1.84 bits per heavy atom. The van der Waals surface area contributed by atoms with Crippen LogP contribution in [0, 0.1) is 12.5 Å². The Morgan fingerprint density at radius 1 is 1.12 bits per heavy atom. The van der Waals surface area contributed by atoms with Crippen molar-refractivity contribution in [2.24, 2.45) is 0 Å². The van der Waals surface area contributed by atoms with Gasteiger partial charge in [-0.1, -0.05) is 31.0 Å². The quantitative estimate of drug-likeness (QED) is 0.803. The van der Waals surface area contributed by atoms with Crippen LogP contribution in [0.15, 0.2) is 24.3 Å². The van der Waals surface area contributed by atoms with E-state index in [2.05, 4.69) is 23.1 Å². The van der Waals surface area contributed by atoms with Gasteiger partial charge in [0.1, 0.15) is 30.8 Å². The predicted octanol–water partition coefficient (Wildman–Crippen LogP) is 3.50. The minimum Gasteiger partial charge on any atom is -0.489 e. The Kier molecular flexibility index (Phi) is 6.61. The number of nitrogens with zero attached hydrogens (tertiary/aromatic N) is 1. The fraction of sp³-hybridized carbons (Fsp3) is 0.619. The molecule has 1 atom stereocenters. The number of hydrogen-bond acceptors (Lipinski definition) is 4. The van der Waals surface area contributed by atoms with Gasteiger partial charge in [-0.05, 0) is 56.1 Å². The maximum atomic E-state index is 10.4. The lowest BCUT2D eigenvalue weighted by Gasteiger charge is -2.32. The van der Waals surface area contributed by atoms with Gasteiger partial charge in [0.15, 0.2) is 0 Å². The van der Waals surface area contributed by atoms with Crippen molar-refractivity contribution >= 4 is 0 Å². The van der Waals surface area contributed by atoms with Crippen molar-refractivity contribution in [2.75, 3.05) is 19.7 Å². The molecule has 1 heterocycles. The normalized spacial score (nSPS) is 25.8. The van der Waals surface area contributed by atoms with E-state index < -0.39 is 6.23 Å². The van der Waals surface area contributed by atoms with Crippen LogP contribution < -0.4 is 4.74 Å². The molecule has 0 amide bonds. The Labute approximate surface area is 151 Å². The molecular weight excluding hydrogens is 314 g/mol. The molecule has 1 unspecified atom stereocenters. The average molecular weight is 343 g/mol. The molecule has 0 bridgehead atoms. The highest BCUT2D eigenvalue weighted by atomic mass is 16.5. The van der Waals surface area contributed by atoms with Crippen LogP contribution in [0.1, 0.15) is 56.4 Å². The van der Waals surface area contributed by atoms with E-state index in [1.807, 2.05) is 12.1 Å². The highest BCUT2D eigenvalue weighted by Crippen LogP contribution is 2.38. The number of para-hydroxylation sites is 1. The first-order valence-electron chi connectivity index (χ1n) is 9.53. The topological polar surface area (TPSA) is 41.9 Å². The minimum atomic E-state index is -0.520. The largest absolute Gasteiger partial charge is 0.489 e. The van der Waals surface area contributed by atoms with Gasteiger partial charge in [0.25, 0.3) is 0 Å². The van der Waals surface area contributed by atoms with E-state index in [0.717, 1.165) is 57.4 Å². The number of terminal acetylenes is 1. The van der Waals surface area contributed by atoms with E-state index in [9.17, 15) is 5.11 Å². The van der Waals surface area contributed by atoms with Gasteiger partial charge in [0.05, 0.1) is 0 Å². The first-order chi connectivity index (χ1) is 12.3. The SMILES string of the molecule is C#COC1CCC(c2ccccc2OCC(O)N2CCCCC2)CC1. The third-order valence-electron chi connectivity index (χ3n) is 5.47. The van der Waals surface area contributed by atoms with E-state index in [1.165, 1.54) is 12.0 Å². The first-order valence-corrected chi connectivity index (χ1v) is 9.53. The van der Waals surface area contributed by atoms with Gasteiger partial charge in [0, 0.05) is 13.1 Å².